The van der Waals surface area contributed by atoms with Gasteiger partial charge in [-0.05, 0) is 50.7 Å². The van der Waals surface area contributed by atoms with Crippen molar-refractivity contribution in [2.24, 2.45) is 5.73 Å². The second kappa shape index (κ2) is 6.38. The van der Waals surface area contributed by atoms with Gasteiger partial charge < -0.3 is 5.73 Å². The second-order valence-corrected chi connectivity index (χ2v) is 5.50. The number of hydrogen-bond acceptors (Lipinski definition) is 3. The molecule has 1 unspecified atom stereocenters. The minimum atomic E-state index is 0.389. The molecule has 0 amide bonds. The van der Waals surface area contributed by atoms with Gasteiger partial charge in [-0.1, -0.05) is 6.92 Å². The van der Waals surface area contributed by atoms with E-state index in [-0.39, 0.29) is 0 Å². The number of nitrogens with two attached hydrogens (primary N) is 1. The highest BCUT2D eigenvalue weighted by Crippen LogP contribution is 2.29. The van der Waals surface area contributed by atoms with Gasteiger partial charge in [-0.15, -0.1) is 11.3 Å². The zero-order chi connectivity index (χ0) is 12.1. The molecule has 0 aliphatic heterocycles. The lowest BCUT2D eigenvalue weighted by Gasteiger charge is -2.34. The molecular formula is C13H24N2S. The van der Waals surface area contributed by atoms with Gasteiger partial charge in [-0.2, -0.15) is 0 Å². The van der Waals surface area contributed by atoms with Gasteiger partial charge in [0.25, 0.3) is 0 Å². The molecule has 2 N–H and O–H groups in total. The van der Waals surface area contributed by atoms with E-state index >= 15 is 0 Å². The summed E-state index contributed by atoms with van der Waals surface area (Å²) in [6.45, 7) is 10.7. The van der Waals surface area contributed by atoms with Crippen molar-refractivity contribution >= 4 is 11.3 Å². The van der Waals surface area contributed by atoms with Crippen molar-refractivity contribution in [3.05, 3.63) is 21.9 Å². The zero-order valence-corrected chi connectivity index (χ0v) is 11.7. The van der Waals surface area contributed by atoms with Crippen LogP contribution in [-0.2, 0) is 0 Å². The molecule has 3 heteroatoms. The largest absolute Gasteiger partial charge is 0.329 e. The van der Waals surface area contributed by atoms with Gasteiger partial charge in [-0.25, -0.2) is 0 Å². The van der Waals surface area contributed by atoms with Crippen LogP contribution in [0.2, 0.25) is 0 Å². The average Bonchev–Trinajstić information content (AvgIpc) is 2.65. The molecule has 92 valence electrons. The number of thiophene rings is 1. The lowest BCUT2D eigenvalue weighted by atomic mass is 10.1. The normalized spacial score (nSPS) is 13.7. The number of hydrogen-bond donors (Lipinski definition) is 1. The molecule has 0 saturated carbocycles. The SMILES string of the molecule is CCCN(C(C)C)C(CN)c1sccc1C. The smallest absolute Gasteiger partial charge is 0.0569 e. The molecule has 0 fully saturated rings. The first-order chi connectivity index (χ1) is 7.61. The van der Waals surface area contributed by atoms with Crippen LogP contribution in [0.5, 0.6) is 0 Å². The molecule has 0 radical (unpaired) electrons. The molecule has 1 atom stereocenters. The van der Waals surface area contributed by atoms with Crippen LogP contribution >= 0.6 is 11.3 Å². The average molecular weight is 240 g/mol. The predicted octanol–water partition coefficient (Wildman–Crippen LogP) is 3.18. The summed E-state index contributed by atoms with van der Waals surface area (Å²) >= 11 is 1.83. The lowest BCUT2D eigenvalue weighted by molar-refractivity contribution is 0.159. The van der Waals surface area contributed by atoms with Crippen molar-refractivity contribution in [1.82, 2.24) is 4.90 Å². The van der Waals surface area contributed by atoms with Crippen LogP contribution < -0.4 is 5.73 Å². The molecule has 1 rings (SSSR count). The van der Waals surface area contributed by atoms with Crippen molar-refractivity contribution < 1.29 is 0 Å². The molecule has 1 aromatic heterocycles. The summed E-state index contributed by atoms with van der Waals surface area (Å²) in [5.74, 6) is 0. The van der Waals surface area contributed by atoms with E-state index in [0.29, 0.717) is 18.6 Å². The Kier molecular flexibility index (Phi) is 5.46. The van der Waals surface area contributed by atoms with Crippen molar-refractivity contribution in [3.8, 4) is 0 Å². The van der Waals surface area contributed by atoms with Crippen molar-refractivity contribution in [1.29, 1.82) is 0 Å². The van der Waals surface area contributed by atoms with E-state index in [0.717, 1.165) is 6.54 Å². The quantitative estimate of drug-likeness (QED) is 0.827. The first-order valence-electron chi connectivity index (χ1n) is 6.11. The predicted molar refractivity (Wildman–Crippen MR) is 73.0 cm³/mol. The minimum Gasteiger partial charge on any atom is -0.329 e. The fourth-order valence-electron chi connectivity index (χ4n) is 2.15. The standard InChI is InChI=1S/C13H24N2S/c1-5-7-15(10(2)3)12(9-14)13-11(4)6-8-16-13/h6,8,10,12H,5,7,9,14H2,1-4H3. The molecule has 0 aromatic carbocycles. The Labute approximate surface area is 103 Å². The first-order valence-corrected chi connectivity index (χ1v) is 6.99. The Morgan fingerprint density at radius 1 is 1.44 bits per heavy atom. The van der Waals surface area contributed by atoms with Gasteiger partial charge in [0.2, 0.25) is 0 Å². The van der Waals surface area contributed by atoms with E-state index < -0.39 is 0 Å². The van der Waals surface area contributed by atoms with Gasteiger partial charge in [-0.3, -0.25) is 4.90 Å². The Balaban J connectivity index is 2.90. The van der Waals surface area contributed by atoms with E-state index in [9.17, 15) is 0 Å². The molecule has 1 heterocycles. The first kappa shape index (κ1) is 13.7. The van der Waals surface area contributed by atoms with Crippen molar-refractivity contribution in [3.63, 3.8) is 0 Å². The van der Waals surface area contributed by atoms with Crippen LogP contribution in [0.4, 0.5) is 0 Å². The summed E-state index contributed by atoms with van der Waals surface area (Å²) in [6.07, 6.45) is 1.18. The number of nitrogens with zero attached hydrogens (tertiary/aromatic N) is 1. The third-order valence-corrected chi connectivity index (χ3v) is 4.09. The van der Waals surface area contributed by atoms with Crippen LogP contribution in [0.3, 0.4) is 0 Å². The molecule has 1 aromatic rings. The van der Waals surface area contributed by atoms with E-state index in [2.05, 4.69) is 44.0 Å². The van der Waals surface area contributed by atoms with Gasteiger partial charge in [0.15, 0.2) is 0 Å². The molecule has 16 heavy (non-hydrogen) atoms. The number of rotatable bonds is 6. The van der Waals surface area contributed by atoms with Crippen LogP contribution in [0.25, 0.3) is 0 Å². The summed E-state index contributed by atoms with van der Waals surface area (Å²) in [6, 6.07) is 3.13. The topological polar surface area (TPSA) is 29.3 Å². The van der Waals surface area contributed by atoms with E-state index in [1.807, 2.05) is 11.3 Å². The van der Waals surface area contributed by atoms with Gasteiger partial charge >= 0.3 is 0 Å². The van der Waals surface area contributed by atoms with E-state index in [1.54, 1.807) is 0 Å². The van der Waals surface area contributed by atoms with Gasteiger partial charge in [0.1, 0.15) is 0 Å². The van der Waals surface area contributed by atoms with E-state index in [4.69, 9.17) is 5.73 Å². The highest BCUT2D eigenvalue weighted by atomic mass is 32.1. The monoisotopic (exact) mass is 240 g/mol. The molecule has 0 aliphatic carbocycles. The van der Waals surface area contributed by atoms with Crippen molar-refractivity contribution in [2.45, 2.75) is 46.2 Å². The van der Waals surface area contributed by atoms with E-state index in [1.165, 1.54) is 16.9 Å². The van der Waals surface area contributed by atoms with Crippen molar-refractivity contribution in [2.75, 3.05) is 13.1 Å². The fraction of sp³-hybridized carbons (Fsp3) is 0.692. The maximum atomic E-state index is 5.97. The molecule has 0 aliphatic rings. The highest BCUT2D eigenvalue weighted by molar-refractivity contribution is 7.10. The Bertz CT molecular complexity index is 307. The van der Waals surface area contributed by atoms with Crippen LogP contribution in [0.1, 0.15) is 43.7 Å². The Morgan fingerprint density at radius 3 is 2.50 bits per heavy atom. The third kappa shape index (κ3) is 3.06. The molecular weight excluding hydrogens is 216 g/mol. The third-order valence-electron chi connectivity index (χ3n) is 2.97. The molecule has 2 nitrogen and oxygen atoms in total. The van der Waals surface area contributed by atoms with Crippen LogP contribution in [-0.4, -0.2) is 24.0 Å². The molecule has 0 bridgehead atoms. The van der Waals surface area contributed by atoms with Gasteiger partial charge in [0, 0.05) is 17.5 Å². The van der Waals surface area contributed by atoms with Crippen LogP contribution in [0.15, 0.2) is 11.4 Å². The minimum absolute atomic E-state index is 0.389. The van der Waals surface area contributed by atoms with Crippen LogP contribution in [0, 0.1) is 6.92 Å². The van der Waals surface area contributed by atoms with Gasteiger partial charge in [0.05, 0.1) is 6.04 Å². The lowest BCUT2D eigenvalue weighted by Crippen LogP contribution is -2.39. The fourth-order valence-corrected chi connectivity index (χ4v) is 3.21. The summed E-state index contributed by atoms with van der Waals surface area (Å²) in [5, 5.41) is 2.16. The molecule has 0 spiro atoms. The Morgan fingerprint density at radius 2 is 2.12 bits per heavy atom. The summed E-state index contributed by atoms with van der Waals surface area (Å²) in [5.41, 5.74) is 7.34. The molecule has 0 saturated heterocycles. The summed E-state index contributed by atoms with van der Waals surface area (Å²) in [7, 11) is 0. The summed E-state index contributed by atoms with van der Waals surface area (Å²) in [4.78, 5) is 3.95. The number of aryl methyl sites for hydroxylation is 1. The zero-order valence-electron chi connectivity index (χ0n) is 10.9. The maximum absolute atomic E-state index is 5.97. The maximum Gasteiger partial charge on any atom is 0.0569 e. The summed E-state index contributed by atoms with van der Waals surface area (Å²) < 4.78 is 0. The second-order valence-electron chi connectivity index (χ2n) is 4.55. The Hall–Kier alpha value is -0.380. The highest BCUT2D eigenvalue weighted by Gasteiger charge is 2.23.